The highest BCUT2D eigenvalue weighted by Crippen LogP contribution is 2.30. The van der Waals surface area contributed by atoms with Gasteiger partial charge in [0.1, 0.15) is 18.9 Å². The maximum atomic E-state index is 12.5. The van der Waals surface area contributed by atoms with Gasteiger partial charge in [-0.3, -0.25) is 9.36 Å². The van der Waals surface area contributed by atoms with Gasteiger partial charge in [0.2, 0.25) is 5.91 Å². The van der Waals surface area contributed by atoms with E-state index in [4.69, 9.17) is 9.15 Å². The predicted octanol–water partition coefficient (Wildman–Crippen LogP) is 2.81. The number of carbonyl (C=O) groups excluding carboxylic acids is 1. The molecule has 2 aromatic carbocycles. The number of hydrogen-bond donors (Lipinski definition) is 1. The van der Waals surface area contributed by atoms with Gasteiger partial charge in [0.05, 0.1) is 17.6 Å². The zero-order chi connectivity index (χ0) is 19.4. The van der Waals surface area contributed by atoms with E-state index in [0.717, 1.165) is 12.1 Å². The summed E-state index contributed by atoms with van der Waals surface area (Å²) < 4.78 is 49.0. The van der Waals surface area contributed by atoms with Crippen LogP contribution in [-0.4, -0.2) is 23.6 Å². The Morgan fingerprint density at radius 1 is 1.11 bits per heavy atom. The van der Waals surface area contributed by atoms with Crippen molar-refractivity contribution < 1.29 is 27.1 Å². The molecule has 1 heterocycles. The summed E-state index contributed by atoms with van der Waals surface area (Å²) in [4.78, 5) is 23.8. The number of aromatic nitrogens is 1. The first-order chi connectivity index (χ1) is 12.8. The number of fused-ring (bicyclic) bond motifs is 1. The molecule has 1 N–H and O–H groups in total. The number of rotatable bonds is 6. The zero-order valence-electron chi connectivity index (χ0n) is 14.0. The molecule has 0 spiro atoms. The molecule has 27 heavy (non-hydrogen) atoms. The lowest BCUT2D eigenvalue weighted by molar-refractivity contribution is -0.137. The van der Waals surface area contributed by atoms with Gasteiger partial charge in [-0.2, -0.15) is 13.2 Å². The molecule has 0 saturated carbocycles. The van der Waals surface area contributed by atoms with Crippen LogP contribution in [0, 0.1) is 0 Å². The minimum absolute atomic E-state index is 0.0676. The number of ether oxygens (including phenoxy) is 1. The molecule has 0 aliphatic carbocycles. The van der Waals surface area contributed by atoms with Gasteiger partial charge < -0.3 is 14.5 Å². The van der Waals surface area contributed by atoms with E-state index in [2.05, 4.69) is 5.32 Å². The Morgan fingerprint density at radius 3 is 2.52 bits per heavy atom. The number of para-hydroxylation sites is 2. The van der Waals surface area contributed by atoms with Crippen LogP contribution in [0.25, 0.3) is 11.1 Å². The third kappa shape index (κ3) is 4.49. The molecule has 0 saturated heterocycles. The van der Waals surface area contributed by atoms with Crippen molar-refractivity contribution in [2.45, 2.75) is 12.7 Å². The van der Waals surface area contributed by atoms with Crippen molar-refractivity contribution in [2.75, 3.05) is 13.2 Å². The number of carbonyl (C=O) groups is 1. The highest BCUT2D eigenvalue weighted by atomic mass is 19.4. The fourth-order valence-electron chi connectivity index (χ4n) is 2.46. The Bertz CT molecular complexity index is 990. The van der Waals surface area contributed by atoms with Crippen molar-refractivity contribution >= 4 is 17.0 Å². The molecule has 1 aromatic heterocycles. The van der Waals surface area contributed by atoms with Gasteiger partial charge in [-0.1, -0.05) is 12.1 Å². The smallest absolute Gasteiger partial charge is 0.420 e. The van der Waals surface area contributed by atoms with Crippen LogP contribution < -0.4 is 15.8 Å². The Morgan fingerprint density at radius 2 is 1.81 bits per heavy atom. The first-order valence-electron chi connectivity index (χ1n) is 8.00. The molecular weight excluding hydrogens is 365 g/mol. The van der Waals surface area contributed by atoms with Gasteiger partial charge in [-0.25, -0.2) is 4.79 Å². The van der Waals surface area contributed by atoms with E-state index in [0.29, 0.717) is 11.1 Å². The van der Waals surface area contributed by atoms with Crippen molar-refractivity contribution in [3.63, 3.8) is 0 Å². The fraction of sp³-hybridized carbons (Fsp3) is 0.222. The number of benzene rings is 2. The summed E-state index contributed by atoms with van der Waals surface area (Å²) in [5.74, 6) is -0.790. The molecule has 0 radical (unpaired) electrons. The highest BCUT2D eigenvalue weighted by Gasteiger charge is 2.30. The molecule has 1 amide bonds. The second-order valence-electron chi connectivity index (χ2n) is 5.64. The largest absolute Gasteiger partial charge is 0.492 e. The van der Waals surface area contributed by atoms with E-state index in [1.54, 1.807) is 24.3 Å². The van der Waals surface area contributed by atoms with Crippen LogP contribution in [0.4, 0.5) is 13.2 Å². The van der Waals surface area contributed by atoms with E-state index in [1.165, 1.54) is 16.7 Å². The second kappa shape index (κ2) is 7.56. The Hall–Kier alpha value is -3.23. The zero-order valence-corrected chi connectivity index (χ0v) is 14.0. The SMILES string of the molecule is O=C(Cn1c(=O)oc2ccccc21)NCCOc1ccc(C(F)(F)F)cc1. The van der Waals surface area contributed by atoms with Crippen LogP contribution in [0.2, 0.25) is 0 Å². The molecule has 0 unspecified atom stereocenters. The quantitative estimate of drug-likeness (QED) is 0.668. The summed E-state index contributed by atoms with van der Waals surface area (Å²) in [7, 11) is 0. The van der Waals surface area contributed by atoms with Gasteiger partial charge in [-0.15, -0.1) is 0 Å². The van der Waals surface area contributed by atoms with Crippen molar-refractivity contribution in [1.29, 1.82) is 0 Å². The maximum Gasteiger partial charge on any atom is 0.420 e. The summed E-state index contributed by atoms with van der Waals surface area (Å²) in [6, 6.07) is 11.0. The van der Waals surface area contributed by atoms with Gasteiger partial charge in [0, 0.05) is 0 Å². The van der Waals surface area contributed by atoms with Crippen molar-refractivity contribution in [2.24, 2.45) is 0 Å². The second-order valence-corrected chi connectivity index (χ2v) is 5.64. The van der Waals surface area contributed by atoms with E-state index in [1.807, 2.05) is 0 Å². The van der Waals surface area contributed by atoms with Gasteiger partial charge in [-0.05, 0) is 36.4 Å². The van der Waals surface area contributed by atoms with Crippen molar-refractivity contribution in [3.05, 3.63) is 64.6 Å². The Labute approximate surface area is 151 Å². The van der Waals surface area contributed by atoms with E-state index < -0.39 is 23.4 Å². The summed E-state index contributed by atoms with van der Waals surface area (Å²) in [6.07, 6.45) is -4.40. The number of amides is 1. The lowest BCUT2D eigenvalue weighted by atomic mass is 10.2. The summed E-state index contributed by atoms with van der Waals surface area (Å²) in [6.45, 7) is -0.0152. The molecule has 3 rings (SSSR count). The molecule has 3 aromatic rings. The molecule has 0 aliphatic rings. The average Bonchev–Trinajstić information content (AvgIpc) is 2.94. The number of halogens is 3. The number of hydrogen-bond acceptors (Lipinski definition) is 4. The highest BCUT2D eigenvalue weighted by molar-refractivity contribution is 5.79. The van der Waals surface area contributed by atoms with Crippen LogP contribution in [-0.2, 0) is 17.5 Å². The number of nitrogens with zero attached hydrogens (tertiary/aromatic N) is 1. The maximum absolute atomic E-state index is 12.5. The monoisotopic (exact) mass is 380 g/mol. The van der Waals surface area contributed by atoms with Crippen LogP contribution in [0.3, 0.4) is 0 Å². The molecule has 0 atom stereocenters. The number of alkyl halides is 3. The third-order valence-electron chi connectivity index (χ3n) is 3.75. The Balaban J connectivity index is 1.48. The van der Waals surface area contributed by atoms with Crippen LogP contribution in [0.15, 0.2) is 57.7 Å². The minimum Gasteiger partial charge on any atom is -0.492 e. The standard InChI is InChI=1S/C18H15F3N2O4/c19-18(20,21)12-5-7-13(8-6-12)26-10-9-22-16(24)11-23-14-3-1-2-4-15(14)27-17(23)25/h1-8H,9-11H2,(H,22,24). The summed E-state index contributed by atoms with van der Waals surface area (Å²) in [5.41, 5.74) is 0.139. The van der Waals surface area contributed by atoms with E-state index in [9.17, 15) is 22.8 Å². The number of nitrogens with one attached hydrogen (secondary N) is 1. The molecule has 0 bridgehead atoms. The summed E-state index contributed by atoms with van der Waals surface area (Å²) >= 11 is 0. The first-order valence-corrected chi connectivity index (χ1v) is 8.00. The number of oxazole rings is 1. The van der Waals surface area contributed by atoms with Crippen molar-refractivity contribution in [3.8, 4) is 5.75 Å². The topological polar surface area (TPSA) is 73.5 Å². The normalized spacial score (nSPS) is 11.5. The molecule has 142 valence electrons. The molecular formula is C18H15F3N2O4. The molecule has 0 aliphatic heterocycles. The van der Waals surface area contributed by atoms with Gasteiger partial charge in [0.15, 0.2) is 5.58 Å². The molecule has 0 fully saturated rings. The average molecular weight is 380 g/mol. The predicted molar refractivity (Wildman–Crippen MR) is 90.4 cm³/mol. The first kappa shape index (κ1) is 18.6. The van der Waals surface area contributed by atoms with E-state index >= 15 is 0 Å². The third-order valence-corrected chi connectivity index (χ3v) is 3.75. The molecule has 6 nitrogen and oxygen atoms in total. The van der Waals surface area contributed by atoms with Crippen LogP contribution >= 0.6 is 0 Å². The Kier molecular flexibility index (Phi) is 5.20. The van der Waals surface area contributed by atoms with Crippen LogP contribution in [0.1, 0.15) is 5.56 Å². The summed E-state index contributed by atoms with van der Waals surface area (Å²) in [5, 5.41) is 2.57. The molecule has 9 heteroatoms. The fourth-order valence-corrected chi connectivity index (χ4v) is 2.46. The van der Waals surface area contributed by atoms with Crippen LogP contribution in [0.5, 0.6) is 5.75 Å². The van der Waals surface area contributed by atoms with E-state index in [-0.39, 0.29) is 25.4 Å². The van der Waals surface area contributed by atoms with Crippen molar-refractivity contribution in [1.82, 2.24) is 9.88 Å². The van der Waals surface area contributed by atoms with Gasteiger partial charge >= 0.3 is 11.9 Å². The lowest BCUT2D eigenvalue weighted by Crippen LogP contribution is -2.33. The minimum atomic E-state index is -4.40. The lowest BCUT2D eigenvalue weighted by Gasteiger charge is -2.10. The van der Waals surface area contributed by atoms with Gasteiger partial charge in [0.25, 0.3) is 0 Å².